The van der Waals surface area contributed by atoms with Gasteiger partial charge in [0.25, 0.3) is 5.56 Å². The van der Waals surface area contributed by atoms with Crippen LogP contribution >= 0.6 is 0 Å². The van der Waals surface area contributed by atoms with Crippen LogP contribution in [0.3, 0.4) is 0 Å². The highest BCUT2D eigenvalue weighted by Crippen LogP contribution is 2.39. The van der Waals surface area contributed by atoms with Crippen LogP contribution in [-0.4, -0.2) is 70.7 Å². The van der Waals surface area contributed by atoms with Crippen molar-refractivity contribution < 1.29 is 13.9 Å². The smallest absolute Gasteiger partial charge is 0.284 e. The van der Waals surface area contributed by atoms with Gasteiger partial charge in [0.2, 0.25) is 11.9 Å². The van der Waals surface area contributed by atoms with Gasteiger partial charge < -0.3 is 25.2 Å². The Kier molecular flexibility index (Phi) is 7.66. The lowest BCUT2D eigenvalue weighted by molar-refractivity contribution is -0.111. The highest BCUT2D eigenvalue weighted by atomic mass is 19.1. The van der Waals surface area contributed by atoms with Crippen molar-refractivity contribution in [2.24, 2.45) is 0 Å². The van der Waals surface area contributed by atoms with Crippen molar-refractivity contribution in [2.75, 3.05) is 49.8 Å². The number of hydrogen-bond donors (Lipinski definition) is 2. The number of anilines is 4. The Bertz CT molecular complexity index is 1710. The van der Waals surface area contributed by atoms with Crippen molar-refractivity contribution in [1.29, 1.82) is 0 Å². The fourth-order valence-corrected chi connectivity index (χ4v) is 5.05. The number of rotatable bonds is 8. The molecule has 11 nitrogen and oxygen atoms in total. The molecule has 12 heteroatoms. The number of aryl methyl sites for hydroxylation is 1. The van der Waals surface area contributed by atoms with Gasteiger partial charge in [0.15, 0.2) is 5.65 Å². The van der Waals surface area contributed by atoms with Gasteiger partial charge in [-0.1, -0.05) is 12.6 Å². The molecule has 2 aromatic heterocycles. The molecule has 5 rings (SSSR count). The Balaban J connectivity index is 1.60. The van der Waals surface area contributed by atoms with E-state index in [-0.39, 0.29) is 28.9 Å². The minimum Gasteiger partial charge on any atom is -0.494 e. The molecule has 0 bridgehead atoms. The van der Waals surface area contributed by atoms with E-state index in [9.17, 15) is 14.0 Å². The lowest BCUT2D eigenvalue weighted by atomic mass is 10.1. The number of fused-ring (bicyclic) bond motifs is 1. The predicted octanol–water partition coefficient (Wildman–Crippen LogP) is 3.64. The largest absolute Gasteiger partial charge is 0.494 e. The molecule has 1 saturated heterocycles. The first-order chi connectivity index (χ1) is 19.7. The first-order valence-corrected chi connectivity index (χ1v) is 13.0. The standard InChI is InChI=1S/C29H31FN8O3/c1-6-26(39)33-22-13-23(25(41-5)14-24(22)37(4)20-10-11-36(3)16-20)34-29-31-15-21-27(35-29)38(17(2)32-28(21)40)19-9-7-8-18(30)12-19/h6-9,12-15,20H,1,10-11,16H2,2-5H3,(H,33,39)(H,31,34,35). The quantitative estimate of drug-likeness (QED) is 0.313. The fourth-order valence-electron chi connectivity index (χ4n) is 5.05. The van der Waals surface area contributed by atoms with Crippen LogP contribution < -0.4 is 25.8 Å². The summed E-state index contributed by atoms with van der Waals surface area (Å²) in [6.45, 7) is 7.09. The molecule has 3 heterocycles. The van der Waals surface area contributed by atoms with Crippen molar-refractivity contribution in [1.82, 2.24) is 24.4 Å². The molecule has 1 aliphatic rings. The molecular formula is C29H31FN8O3. The molecule has 41 heavy (non-hydrogen) atoms. The zero-order valence-electron chi connectivity index (χ0n) is 23.3. The molecule has 0 aliphatic carbocycles. The zero-order chi connectivity index (χ0) is 29.3. The first kappa shape index (κ1) is 27.7. The minimum atomic E-state index is -0.492. The Morgan fingerprint density at radius 2 is 2.05 bits per heavy atom. The van der Waals surface area contributed by atoms with Crippen molar-refractivity contribution in [3.63, 3.8) is 0 Å². The number of ether oxygens (including phenoxy) is 1. The molecule has 1 aliphatic heterocycles. The summed E-state index contributed by atoms with van der Waals surface area (Å²) < 4.78 is 21.4. The van der Waals surface area contributed by atoms with Gasteiger partial charge >= 0.3 is 0 Å². The van der Waals surface area contributed by atoms with E-state index < -0.39 is 11.4 Å². The van der Waals surface area contributed by atoms with Crippen LogP contribution in [0.15, 0.2) is 60.0 Å². The summed E-state index contributed by atoms with van der Waals surface area (Å²) in [5, 5.41) is 6.23. The summed E-state index contributed by atoms with van der Waals surface area (Å²) in [6, 6.07) is 9.78. The number of nitrogens with one attached hydrogen (secondary N) is 2. The van der Waals surface area contributed by atoms with Crippen LogP contribution in [0.5, 0.6) is 5.75 Å². The molecule has 0 spiro atoms. The highest BCUT2D eigenvalue weighted by molar-refractivity contribution is 6.02. The topological polar surface area (TPSA) is 118 Å². The van der Waals surface area contributed by atoms with Gasteiger partial charge in [0, 0.05) is 31.9 Å². The van der Waals surface area contributed by atoms with Crippen molar-refractivity contribution in [2.45, 2.75) is 19.4 Å². The summed E-state index contributed by atoms with van der Waals surface area (Å²) >= 11 is 0. The van der Waals surface area contributed by atoms with Crippen LogP contribution in [0.2, 0.25) is 0 Å². The van der Waals surface area contributed by atoms with Gasteiger partial charge in [-0.25, -0.2) is 9.37 Å². The molecule has 1 amide bonds. The molecule has 2 N–H and O–H groups in total. The second kappa shape index (κ2) is 11.3. The Labute approximate surface area is 236 Å². The Hall–Kier alpha value is -4.84. The summed E-state index contributed by atoms with van der Waals surface area (Å²) in [5.41, 5.74) is 2.04. The average molecular weight is 559 g/mol. The maximum atomic E-state index is 14.1. The van der Waals surface area contributed by atoms with Gasteiger partial charge in [-0.3, -0.25) is 14.2 Å². The third kappa shape index (κ3) is 5.59. The number of methoxy groups -OCH3 is 1. The number of halogens is 1. The minimum absolute atomic E-state index is 0.158. The molecule has 1 unspecified atom stereocenters. The predicted molar refractivity (Wildman–Crippen MR) is 157 cm³/mol. The number of aromatic nitrogens is 4. The van der Waals surface area contributed by atoms with E-state index in [2.05, 4.69) is 49.0 Å². The van der Waals surface area contributed by atoms with E-state index in [1.54, 1.807) is 36.8 Å². The fraction of sp³-hybridized carbons (Fsp3) is 0.276. The van der Waals surface area contributed by atoms with Gasteiger partial charge in [-0.15, -0.1) is 0 Å². The van der Waals surface area contributed by atoms with Crippen LogP contribution in [0.1, 0.15) is 12.2 Å². The van der Waals surface area contributed by atoms with E-state index >= 15 is 0 Å². The van der Waals surface area contributed by atoms with Gasteiger partial charge in [-0.05, 0) is 57.3 Å². The lowest BCUT2D eigenvalue weighted by Crippen LogP contribution is -2.34. The molecule has 1 fully saturated rings. The number of carbonyl (C=O) groups excluding carboxylic acids is 1. The van der Waals surface area contributed by atoms with Gasteiger partial charge in [0.05, 0.1) is 29.9 Å². The number of benzene rings is 2. The van der Waals surface area contributed by atoms with Crippen molar-refractivity contribution >= 4 is 40.0 Å². The van der Waals surface area contributed by atoms with E-state index in [0.29, 0.717) is 28.6 Å². The average Bonchev–Trinajstić information content (AvgIpc) is 3.39. The van der Waals surface area contributed by atoms with E-state index in [1.165, 1.54) is 24.4 Å². The Morgan fingerprint density at radius 1 is 1.24 bits per heavy atom. The van der Waals surface area contributed by atoms with Gasteiger partial charge in [-0.2, -0.15) is 9.97 Å². The van der Waals surface area contributed by atoms with E-state index in [0.717, 1.165) is 25.2 Å². The molecular weight excluding hydrogens is 527 g/mol. The molecule has 4 aromatic rings. The lowest BCUT2D eigenvalue weighted by Gasteiger charge is -2.29. The molecule has 2 aromatic carbocycles. The summed E-state index contributed by atoms with van der Waals surface area (Å²) in [7, 11) is 5.62. The van der Waals surface area contributed by atoms with Crippen molar-refractivity contribution in [3.8, 4) is 11.4 Å². The Morgan fingerprint density at radius 3 is 2.73 bits per heavy atom. The summed E-state index contributed by atoms with van der Waals surface area (Å²) in [5.74, 6) is 0.199. The summed E-state index contributed by atoms with van der Waals surface area (Å²) in [4.78, 5) is 42.4. The number of hydrogen-bond acceptors (Lipinski definition) is 9. The van der Waals surface area contributed by atoms with Gasteiger partial charge in [0.1, 0.15) is 22.8 Å². The highest BCUT2D eigenvalue weighted by Gasteiger charge is 2.26. The SMILES string of the molecule is C=CC(=O)Nc1cc(Nc2ncc3c(=O)nc(C)n(-c4cccc(F)c4)c3n2)c(OC)cc1N(C)C1CCN(C)C1. The monoisotopic (exact) mass is 558 g/mol. The second-order valence-electron chi connectivity index (χ2n) is 9.91. The normalized spacial score (nSPS) is 15.1. The van der Waals surface area contributed by atoms with E-state index in [4.69, 9.17) is 4.74 Å². The van der Waals surface area contributed by atoms with Crippen LogP contribution in [0.4, 0.5) is 27.4 Å². The number of likely N-dealkylation sites (tertiary alicyclic amines) is 1. The first-order valence-electron chi connectivity index (χ1n) is 13.0. The third-order valence-corrected chi connectivity index (χ3v) is 7.17. The number of likely N-dealkylation sites (N-methyl/N-ethyl adjacent to an activating group) is 2. The summed E-state index contributed by atoms with van der Waals surface area (Å²) in [6.07, 6.45) is 3.57. The van der Waals surface area contributed by atoms with Crippen LogP contribution in [-0.2, 0) is 4.79 Å². The maximum Gasteiger partial charge on any atom is 0.284 e. The van der Waals surface area contributed by atoms with Crippen LogP contribution in [0, 0.1) is 12.7 Å². The zero-order valence-corrected chi connectivity index (χ0v) is 23.3. The molecule has 1 atom stereocenters. The van der Waals surface area contributed by atoms with Crippen molar-refractivity contribution in [3.05, 3.63) is 77.2 Å². The van der Waals surface area contributed by atoms with Crippen LogP contribution in [0.25, 0.3) is 16.7 Å². The molecule has 212 valence electrons. The number of carbonyl (C=O) groups is 1. The number of amides is 1. The second-order valence-corrected chi connectivity index (χ2v) is 9.91. The maximum absolute atomic E-state index is 14.1. The number of nitrogens with zero attached hydrogens (tertiary/aromatic N) is 6. The molecule has 0 radical (unpaired) electrons. The van der Waals surface area contributed by atoms with E-state index in [1.807, 2.05) is 13.1 Å². The molecule has 0 saturated carbocycles. The third-order valence-electron chi connectivity index (χ3n) is 7.17.